The first-order valence-electron chi connectivity index (χ1n) is 11.1. The predicted molar refractivity (Wildman–Crippen MR) is 134 cm³/mol. The third kappa shape index (κ3) is 6.40. The smallest absolute Gasteiger partial charge is 0.252 e. The molecule has 0 unspecified atom stereocenters. The minimum atomic E-state index is -3.51. The summed E-state index contributed by atoms with van der Waals surface area (Å²) in [4.78, 5) is 26.3. The van der Waals surface area contributed by atoms with Crippen molar-refractivity contribution in [3.8, 4) is 0 Å². The average Bonchev–Trinajstić information content (AvgIpc) is 2.78. The summed E-state index contributed by atoms with van der Waals surface area (Å²) >= 11 is 0. The molecule has 178 valence electrons. The molecule has 1 amide bonds. The Balaban J connectivity index is 1.81. The highest BCUT2D eigenvalue weighted by Gasteiger charge is 2.20. The Morgan fingerprint density at radius 2 is 1.44 bits per heavy atom. The molecule has 0 atom stereocenters. The van der Waals surface area contributed by atoms with Crippen molar-refractivity contribution in [3.63, 3.8) is 0 Å². The van der Waals surface area contributed by atoms with Gasteiger partial charge in [0.05, 0.1) is 11.3 Å². The number of carbonyl (C=O) groups excluding carboxylic acids is 2. The van der Waals surface area contributed by atoms with E-state index in [0.717, 1.165) is 11.1 Å². The molecule has 2 N–H and O–H groups in total. The largest absolute Gasteiger partial charge is 0.348 e. The van der Waals surface area contributed by atoms with Crippen molar-refractivity contribution in [3.05, 3.63) is 106 Å². The molecule has 0 aliphatic carbocycles. The van der Waals surface area contributed by atoms with E-state index in [2.05, 4.69) is 10.0 Å². The van der Waals surface area contributed by atoms with Gasteiger partial charge in [-0.15, -0.1) is 0 Å². The molecule has 0 aliphatic rings. The minimum absolute atomic E-state index is 0.137. The molecular weight excluding hydrogens is 448 g/mol. The van der Waals surface area contributed by atoms with Gasteiger partial charge in [0.25, 0.3) is 5.91 Å². The number of nitrogens with one attached hydrogen (secondary N) is 2. The van der Waals surface area contributed by atoms with Crippen LogP contribution < -0.4 is 10.0 Å². The van der Waals surface area contributed by atoms with E-state index in [4.69, 9.17) is 0 Å². The monoisotopic (exact) mass is 478 g/mol. The minimum Gasteiger partial charge on any atom is -0.348 e. The van der Waals surface area contributed by atoms with Crippen LogP contribution in [0.3, 0.4) is 0 Å². The molecule has 0 fully saturated rings. The molecule has 0 radical (unpaired) electrons. The predicted octanol–water partition coefficient (Wildman–Crippen LogP) is 4.29. The Bertz CT molecular complexity index is 1310. The average molecular weight is 479 g/mol. The molecule has 34 heavy (non-hydrogen) atoms. The highest BCUT2D eigenvalue weighted by molar-refractivity contribution is 7.88. The fourth-order valence-corrected chi connectivity index (χ4v) is 5.24. The number of amides is 1. The maximum absolute atomic E-state index is 13.3. The van der Waals surface area contributed by atoms with Crippen LogP contribution in [-0.4, -0.2) is 26.2 Å². The lowest BCUT2D eigenvalue weighted by Crippen LogP contribution is -2.32. The van der Waals surface area contributed by atoms with Crippen molar-refractivity contribution >= 4 is 21.7 Å². The van der Waals surface area contributed by atoms with Crippen molar-refractivity contribution in [1.82, 2.24) is 10.0 Å². The van der Waals surface area contributed by atoms with Gasteiger partial charge < -0.3 is 5.32 Å². The third-order valence-electron chi connectivity index (χ3n) is 5.37. The molecule has 0 aliphatic heterocycles. The Morgan fingerprint density at radius 1 is 0.824 bits per heavy atom. The van der Waals surface area contributed by atoms with E-state index in [1.54, 1.807) is 62.4 Å². The SMILES string of the molecule is Cc1ccc(C)c(C(=O)c2ccccc2C(=O)NCc2ccccc2CS(=O)(=O)NC(C)C)c1. The zero-order valence-electron chi connectivity index (χ0n) is 19.9. The van der Waals surface area contributed by atoms with Crippen molar-refractivity contribution in [2.45, 2.75) is 46.0 Å². The zero-order valence-corrected chi connectivity index (χ0v) is 20.7. The maximum Gasteiger partial charge on any atom is 0.252 e. The summed E-state index contributed by atoms with van der Waals surface area (Å²) in [6.45, 7) is 7.46. The van der Waals surface area contributed by atoms with Crippen LogP contribution in [0.5, 0.6) is 0 Å². The zero-order chi connectivity index (χ0) is 24.9. The summed E-state index contributed by atoms with van der Waals surface area (Å²) in [5.41, 5.74) is 4.28. The number of rotatable bonds is 9. The lowest BCUT2D eigenvalue weighted by Gasteiger charge is -2.14. The van der Waals surface area contributed by atoms with Crippen molar-refractivity contribution in [1.29, 1.82) is 0 Å². The Kier molecular flexibility index (Phi) is 8.02. The highest BCUT2D eigenvalue weighted by atomic mass is 32.2. The fraction of sp³-hybridized carbons (Fsp3) is 0.259. The molecule has 6 nitrogen and oxygen atoms in total. The molecule has 0 saturated heterocycles. The molecule has 0 bridgehead atoms. The summed E-state index contributed by atoms with van der Waals surface area (Å²) in [5, 5.41) is 2.85. The second kappa shape index (κ2) is 10.8. The molecule has 7 heteroatoms. The molecular formula is C27H30N2O4S. The number of benzene rings is 3. The van der Waals surface area contributed by atoms with Crippen LogP contribution in [0, 0.1) is 13.8 Å². The van der Waals surface area contributed by atoms with Crippen molar-refractivity contribution in [2.24, 2.45) is 0 Å². The van der Waals surface area contributed by atoms with E-state index in [0.29, 0.717) is 22.3 Å². The lowest BCUT2D eigenvalue weighted by molar-refractivity contribution is 0.0939. The molecule has 0 heterocycles. The molecule has 3 aromatic rings. The summed E-state index contributed by atoms with van der Waals surface area (Å²) in [7, 11) is -3.51. The van der Waals surface area contributed by atoms with Gasteiger partial charge in [0, 0.05) is 23.7 Å². The van der Waals surface area contributed by atoms with Crippen LogP contribution in [-0.2, 0) is 22.3 Å². The first-order chi connectivity index (χ1) is 16.1. The topological polar surface area (TPSA) is 92.3 Å². The van der Waals surface area contributed by atoms with Crippen LogP contribution >= 0.6 is 0 Å². The molecule has 0 saturated carbocycles. The van der Waals surface area contributed by atoms with E-state index in [1.165, 1.54) is 0 Å². The van der Waals surface area contributed by atoms with Gasteiger partial charge in [-0.1, -0.05) is 60.2 Å². The number of hydrogen-bond acceptors (Lipinski definition) is 4. The van der Waals surface area contributed by atoms with Gasteiger partial charge >= 0.3 is 0 Å². The standard InChI is InChI=1S/C27H30N2O4S/c1-18(2)29-34(32,33)17-22-10-6-5-9-21(22)16-28-27(31)24-12-8-7-11-23(24)26(30)25-15-19(3)13-14-20(25)4/h5-15,18,29H,16-17H2,1-4H3,(H,28,31). The second-order valence-corrected chi connectivity index (χ2v) is 10.4. The van der Waals surface area contributed by atoms with Crippen LogP contribution in [0.2, 0.25) is 0 Å². The first-order valence-corrected chi connectivity index (χ1v) is 12.8. The summed E-state index contributed by atoms with van der Waals surface area (Å²) < 4.78 is 27.4. The number of ketones is 1. The van der Waals surface area contributed by atoms with Gasteiger partial charge in [-0.05, 0) is 56.5 Å². The number of sulfonamides is 1. The molecule has 0 aromatic heterocycles. The Hall–Kier alpha value is -3.29. The lowest BCUT2D eigenvalue weighted by atomic mass is 9.94. The van der Waals surface area contributed by atoms with Gasteiger partial charge in [-0.25, -0.2) is 13.1 Å². The van der Waals surface area contributed by atoms with Crippen LogP contribution in [0.1, 0.15) is 62.4 Å². The Morgan fingerprint density at radius 3 is 2.12 bits per heavy atom. The van der Waals surface area contributed by atoms with Gasteiger partial charge in [0.2, 0.25) is 10.0 Å². The van der Waals surface area contributed by atoms with Crippen molar-refractivity contribution < 1.29 is 18.0 Å². The van der Waals surface area contributed by atoms with E-state index in [9.17, 15) is 18.0 Å². The Labute approximate surface area is 201 Å². The number of hydrogen-bond donors (Lipinski definition) is 2. The van der Waals surface area contributed by atoms with Gasteiger partial charge in [-0.2, -0.15) is 0 Å². The number of aryl methyl sites for hydroxylation is 2. The summed E-state index contributed by atoms with van der Waals surface area (Å²) in [6, 6.07) is 19.3. The van der Waals surface area contributed by atoms with Crippen LogP contribution in [0.25, 0.3) is 0 Å². The van der Waals surface area contributed by atoms with Crippen molar-refractivity contribution in [2.75, 3.05) is 0 Å². The normalized spacial score (nSPS) is 11.4. The number of carbonyl (C=O) groups is 2. The fourth-order valence-electron chi connectivity index (χ4n) is 3.75. The quantitative estimate of drug-likeness (QED) is 0.449. The van der Waals surface area contributed by atoms with E-state index >= 15 is 0 Å². The van der Waals surface area contributed by atoms with Gasteiger partial charge in [0.15, 0.2) is 5.78 Å². The van der Waals surface area contributed by atoms with Crippen LogP contribution in [0.15, 0.2) is 66.7 Å². The molecule has 3 aromatic carbocycles. The van der Waals surface area contributed by atoms with E-state index in [-0.39, 0.29) is 29.7 Å². The van der Waals surface area contributed by atoms with Crippen LogP contribution in [0.4, 0.5) is 0 Å². The molecule has 0 spiro atoms. The highest BCUT2D eigenvalue weighted by Crippen LogP contribution is 2.19. The summed E-state index contributed by atoms with van der Waals surface area (Å²) in [5.74, 6) is -0.788. The van der Waals surface area contributed by atoms with E-state index in [1.807, 2.05) is 32.0 Å². The third-order valence-corrected chi connectivity index (χ3v) is 6.89. The first kappa shape index (κ1) is 25.3. The van der Waals surface area contributed by atoms with Gasteiger partial charge in [-0.3, -0.25) is 9.59 Å². The molecule has 3 rings (SSSR count). The van der Waals surface area contributed by atoms with E-state index < -0.39 is 15.9 Å². The van der Waals surface area contributed by atoms with Gasteiger partial charge in [0.1, 0.15) is 0 Å². The summed E-state index contributed by atoms with van der Waals surface area (Å²) in [6.07, 6.45) is 0. The maximum atomic E-state index is 13.3. The second-order valence-electron chi connectivity index (χ2n) is 8.68.